The fraction of sp³-hybridized carbons (Fsp3) is 0.324. The zero-order valence-corrected chi connectivity index (χ0v) is 26.9. The summed E-state index contributed by atoms with van der Waals surface area (Å²) in [6, 6.07) is 21.0. The van der Waals surface area contributed by atoms with Crippen LogP contribution < -0.4 is 18.9 Å². The van der Waals surface area contributed by atoms with E-state index in [-0.39, 0.29) is 5.97 Å². The molecule has 1 aromatic heterocycles. The second kappa shape index (κ2) is 18.4. The van der Waals surface area contributed by atoms with Crippen molar-refractivity contribution in [3.05, 3.63) is 100 Å². The maximum atomic E-state index is 13.0. The maximum Gasteiger partial charge on any atom is 0.344 e. The van der Waals surface area contributed by atoms with Crippen molar-refractivity contribution in [2.45, 2.75) is 65.2 Å². The van der Waals surface area contributed by atoms with Gasteiger partial charge in [-0.1, -0.05) is 52.4 Å². The van der Waals surface area contributed by atoms with Crippen LogP contribution in [-0.4, -0.2) is 31.4 Å². The first-order valence-electron chi connectivity index (χ1n) is 15.7. The van der Waals surface area contributed by atoms with Crippen LogP contribution in [0, 0.1) is 0 Å². The highest BCUT2D eigenvalue weighted by molar-refractivity contribution is 7.08. The first-order valence-corrected chi connectivity index (χ1v) is 16.6. The molecule has 0 bridgehead atoms. The van der Waals surface area contributed by atoms with Gasteiger partial charge in [0.25, 0.3) is 0 Å². The quantitative estimate of drug-likeness (QED) is 0.0473. The predicted octanol–water partition coefficient (Wildman–Crippen LogP) is 9.86. The first kappa shape index (κ1) is 33.5. The number of benzene rings is 3. The Morgan fingerprint density at radius 3 is 1.87 bits per heavy atom. The summed E-state index contributed by atoms with van der Waals surface area (Å²) >= 11 is 1.44. The summed E-state index contributed by atoms with van der Waals surface area (Å²) in [5.74, 6) is 1.23. The van der Waals surface area contributed by atoms with Gasteiger partial charge in [-0.25, -0.2) is 9.59 Å². The molecular formula is C37H41NO6S. The average Bonchev–Trinajstić information content (AvgIpc) is 3.61. The summed E-state index contributed by atoms with van der Waals surface area (Å²) in [7, 11) is 0. The second-order valence-electron chi connectivity index (χ2n) is 10.6. The summed E-state index contributed by atoms with van der Waals surface area (Å²) in [5, 5.41) is 3.58. The molecule has 0 amide bonds. The normalized spacial score (nSPS) is 11.0. The molecule has 4 rings (SSSR count). The van der Waals surface area contributed by atoms with Gasteiger partial charge >= 0.3 is 11.9 Å². The fourth-order valence-corrected chi connectivity index (χ4v) is 5.00. The van der Waals surface area contributed by atoms with Gasteiger partial charge in [-0.3, -0.25) is 4.99 Å². The average molecular weight is 628 g/mol. The third kappa shape index (κ3) is 11.2. The van der Waals surface area contributed by atoms with Gasteiger partial charge in [0.05, 0.1) is 30.0 Å². The molecule has 0 aliphatic carbocycles. The van der Waals surface area contributed by atoms with Crippen LogP contribution in [0.1, 0.15) is 91.5 Å². The lowest BCUT2D eigenvalue weighted by Crippen LogP contribution is -2.10. The maximum absolute atomic E-state index is 13.0. The zero-order valence-electron chi connectivity index (χ0n) is 26.0. The van der Waals surface area contributed by atoms with Crippen molar-refractivity contribution >= 4 is 35.2 Å². The van der Waals surface area contributed by atoms with Crippen molar-refractivity contribution in [1.82, 2.24) is 0 Å². The Morgan fingerprint density at radius 1 is 0.667 bits per heavy atom. The van der Waals surface area contributed by atoms with E-state index in [0.717, 1.165) is 37.7 Å². The summed E-state index contributed by atoms with van der Waals surface area (Å²) in [5.41, 5.74) is 2.46. The minimum Gasteiger partial charge on any atom is -0.490 e. The van der Waals surface area contributed by atoms with Gasteiger partial charge in [-0.05, 0) is 96.6 Å². The van der Waals surface area contributed by atoms with Gasteiger partial charge in [0, 0.05) is 11.6 Å². The third-order valence-electron chi connectivity index (χ3n) is 6.95. The first-order chi connectivity index (χ1) is 22.1. The highest BCUT2D eigenvalue weighted by atomic mass is 32.1. The van der Waals surface area contributed by atoms with Crippen LogP contribution in [-0.2, 0) is 0 Å². The molecule has 0 unspecified atom stereocenters. The van der Waals surface area contributed by atoms with Gasteiger partial charge in [-0.15, -0.1) is 0 Å². The van der Waals surface area contributed by atoms with Crippen molar-refractivity contribution in [1.29, 1.82) is 0 Å². The lowest BCUT2D eigenvalue weighted by atomic mass is 10.2. The number of carbonyl (C=O) groups excluding carboxylic acids is 2. The second-order valence-corrected chi connectivity index (χ2v) is 11.4. The molecule has 0 N–H and O–H groups in total. The Morgan fingerprint density at radius 2 is 1.27 bits per heavy atom. The number of hydrogen-bond donors (Lipinski definition) is 0. The number of rotatable bonds is 18. The van der Waals surface area contributed by atoms with Crippen molar-refractivity contribution in [3.63, 3.8) is 0 Å². The molecule has 0 saturated heterocycles. The van der Waals surface area contributed by atoms with Crippen molar-refractivity contribution in [2.24, 2.45) is 4.99 Å². The van der Waals surface area contributed by atoms with Crippen molar-refractivity contribution in [2.75, 3.05) is 13.2 Å². The molecule has 45 heavy (non-hydrogen) atoms. The van der Waals surface area contributed by atoms with Crippen LogP contribution in [0.3, 0.4) is 0 Å². The SMILES string of the molecule is CCCCCCOc1ccc(C(=O)Oc2ccc(N=Cc3ccc(OC(=O)c4ccsc4)cc3)cc2)cc1OCCCCCC. The molecule has 0 atom stereocenters. The lowest BCUT2D eigenvalue weighted by Gasteiger charge is -2.14. The smallest absolute Gasteiger partial charge is 0.344 e. The van der Waals surface area contributed by atoms with Gasteiger partial charge in [0.1, 0.15) is 11.5 Å². The van der Waals surface area contributed by atoms with Crippen LogP contribution in [0.2, 0.25) is 0 Å². The summed E-state index contributed by atoms with van der Waals surface area (Å²) < 4.78 is 23.1. The van der Waals surface area contributed by atoms with Gasteiger partial charge in [0.15, 0.2) is 11.5 Å². The number of aliphatic imine (C=N–C) groups is 1. The molecular weight excluding hydrogens is 586 g/mol. The summed E-state index contributed by atoms with van der Waals surface area (Å²) in [6.45, 7) is 5.54. The molecule has 0 radical (unpaired) electrons. The standard InChI is InChI=1S/C37H41NO6S/c1-3-5-7-9-22-41-34-20-13-29(25-35(34)42-23-10-8-6-4-2)36(39)43-33-18-14-31(15-19-33)38-26-28-11-16-32(17-12-28)44-37(40)30-21-24-45-27-30/h11-21,24-27H,3-10,22-23H2,1-2H3. The number of nitrogens with zero attached hydrogens (tertiary/aromatic N) is 1. The van der Waals surface area contributed by atoms with Gasteiger partial charge in [-0.2, -0.15) is 11.3 Å². The Labute approximate surface area is 269 Å². The summed E-state index contributed by atoms with van der Waals surface area (Å²) in [4.78, 5) is 29.6. The molecule has 236 valence electrons. The Hall–Kier alpha value is -4.43. The number of ether oxygens (including phenoxy) is 4. The molecule has 0 aliphatic heterocycles. The minimum absolute atomic E-state index is 0.385. The van der Waals surface area contributed by atoms with Gasteiger partial charge in [0.2, 0.25) is 0 Å². The molecule has 0 aliphatic rings. The molecule has 8 heteroatoms. The van der Waals surface area contributed by atoms with E-state index in [1.54, 1.807) is 72.3 Å². The van der Waals surface area contributed by atoms with Crippen molar-refractivity contribution < 1.29 is 28.5 Å². The highest BCUT2D eigenvalue weighted by Crippen LogP contribution is 2.30. The monoisotopic (exact) mass is 627 g/mol. The minimum atomic E-state index is -0.476. The molecule has 0 spiro atoms. The number of thiophene rings is 1. The molecule has 3 aromatic carbocycles. The highest BCUT2D eigenvalue weighted by Gasteiger charge is 2.14. The van der Waals surface area contributed by atoms with Crippen LogP contribution >= 0.6 is 11.3 Å². The van der Waals surface area contributed by atoms with E-state index >= 15 is 0 Å². The van der Waals surface area contributed by atoms with E-state index in [4.69, 9.17) is 18.9 Å². The molecule has 4 aromatic rings. The van der Waals surface area contributed by atoms with E-state index < -0.39 is 5.97 Å². The van der Waals surface area contributed by atoms with Crippen LogP contribution in [0.5, 0.6) is 23.0 Å². The zero-order chi connectivity index (χ0) is 31.7. The summed E-state index contributed by atoms with van der Waals surface area (Å²) in [6.07, 6.45) is 10.6. The van der Waals surface area contributed by atoms with E-state index in [1.807, 2.05) is 17.5 Å². The number of esters is 2. The molecule has 0 fully saturated rings. The molecule has 0 saturated carbocycles. The van der Waals surface area contributed by atoms with E-state index in [1.165, 1.54) is 30.6 Å². The van der Waals surface area contributed by atoms with E-state index in [0.29, 0.717) is 53.0 Å². The number of hydrogen-bond acceptors (Lipinski definition) is 8. The number of unbranched alkanes of at least 4 members (excludes halogenated alkanes) is 6. The largest absolute Gasteiger partial charge is 0.490 e. The fourth-order valence-electron chi connectivity index (χ4n) is 4.37. The Kier molecular flexibility index (Phi) is 13.7. The van der Waals surface area contributed by atoms with Crippen molar-refractivity contribution in [3.8, 4) is 23.0 Å². The topological polar surface area (TPSA) is 83.4 Å². The Bertz CT molecular complexity index is 1500. The van der Waals surface area contributed by atoms with E-state index in [2.05, 4.69) is 18.8 Å². The molecule has 7 nitrogen and oxygen atoms in total. The van der Waals surface area contributed by atoms with Crippen LogP contribution in [0.25, 0.3) is 0 Å². The van der Waals surface area contributed by atoms with Crippen LogP contribution in [0.15, 0.2) is 88.5 Å². The third-order valence-corrected chi connectivity index (χ3v) is 7.63. The molecule has 1 heterocycles. The van der Waals surface area contributed by atoms with Gasteiger partial charge < -0.3 is 18.9 Å². The number of carbonyl (C=O) groups is 2. The lowest BCUT2D eigenvalue weighted by molar-refractivity contribution is 0.0725. The Balaban J connectivity index is 1.32. The van der Waals surface area contributed by atoms with Crippen LogP contribution in [0.4, 0.5) is 5.69 Å². The predicted molar refractivity (Wildman–Crippen MR) is 180 cm³/mol. The van der Waals surface area contributed by atoms with E-state index in [9.17, 15) is 9.59 Å².